The molecule has 0 aliphatic rings. The lowest BCUT2D eigenvalue weighted by atomic mass is 10.4. The van der Waals surface area contributed by atoms with Crippen molar-refractivity contribution in [2.24, 2.45) is 0 Å². The Morgan fingerprint density at radius 3 is 2.94 bits per heavy atom. The van der Waals surface area contributed by atoms with Gasteiger partial charge in [-0.1, -0.05) is 6.07 Å². The standard InChI is InChI=1S/C12H14N4O/c17-12-5-1-2-8-16(12)9-7-13-10-11-4-3-6-14-15-11/h1-6,8,13H,7,9-10H2. The lowest BCUT2D eigenvalue weighted by Gasteiger charge is -2.06. The molecule has 0 amide bonds. The number of nitrogens with one attached hydrogen (secondary N) is 1. The van der Waals surface area contributed by atoms with E-state index in [9.17, 15) is 4.79 Å². The summed E-state index contributed by atoms with van der Waals surface area (Å²) in [5, 5.41) is 11.0. The summed E-state index contributed by atoms with van der Waals surface area (Å²) in [4.78, 5) is 11.4. The Balaban J connectivity index is 1.78. The monoisotopic (exact) mass is 230 g/mol. The highest BCUT2D eigenvalue weighted by atomic mass is 16.1. The molecule has 0 fully saturated rings. The van der Waals surface area contributed by atoms with E-state index in [2.05, 4.69) is 15.5 Å². The van der Waals surface area contributed by atoms with Crippen LogP contribution in [0.1, 0.15) is 5.69 Å². The minimum atomic E-state index is 0.0220. The first-order valence-corrected chi connectivity index (χ1v) is 5.49. The fourth-order valence-electron chi connectivity index (χ4n) is 1.49. The van der Waals surface area contributed by atoms with Gasteiger partial charge < -0.3 is 9.88 Å². The average molecular weight is 230 g/mol. The van der Waals surface area contributed by atoms with E-state index in [0.29, 0.717) is 13.1 Å². The van der Waals surface area contributed by atoms with Crippen LogP contribution in [-0.4, -0.2) is 21.3 Å². The molecule has 0 spiro atoms. The first-order valence-electron chi connectivity index (χ1n) is 5.49. The first kappa shape index (κ1) is 11.5. The third-order valence-electron chi connectivity index (χ3n) is 2.36. The molecule has 17 heavy (non-hydrogen) atoms. The highest BCUT2D eigenvalue weighted by Crippen LogP contribution is 1.89. The summed E-state index contributed by atoms with van der Waals surface area (Å²) in [6.07, 6.45) is 3.43. The van der Waals surface area contributed by atoms with E-state index < -0.39 is 0 Å². The average Bonchev–Trinajstić information content (AvgIpc) is 2.38. The minimum absolute atomic E-state index is 0.0220. The third-order valence-corrected chi connectivity index (χ3v) is 2.36. The van der Waals surface area contributed by atoms with Crippen molar-refractivity contribution in [3.8, 4) is 0 Å². The van der Waals surface area contributed by atoms with Crippen LogP contribution in [0.5, 0.6) is 0 Å². The molecular weight excluding hydrogens is 216 g/mol. The molecule has 88 valence electrons. The highest BCUT2D eigenvalue weighted by Gasteiger charge is 1.95. The van der Waals surface area contributed by atoms with Crippen molar-refractivity contribution in [3.63, 3.8) is 0 Å². The number of aromatic nitrogens is 3. The zero-order valence-electron chi connectivity index (χ0n) is 9.41. The van der Waals surface area contributed by atoms with Crippen molar-refractivity contribution in [1.82, 2.24) is 20.1 Å². The van der Waals surface area contributed by atoms with Gasteiger partial charge in [0.1, 0.15) is 0 Å². The number of pyridine rings is 1. The van der Waals surface area contributed by atoms with E-state index in [1.54, 1.807) is 29.1 Å². The van der Waals surface area contributed by atoms with Crippen molar-refractivity contribution < 1.29 is 0 Å². The molecule has 5 heteroatoms. The van der Waals surface area contributed by atoms with Crippen molar-refractivity contribution in [3.05, 3.63) is 58.8 Å². The topological polar surface area (TPSA) is 59.8 Å². The predicted molar refractivity (Wildman–Crippen MR) is 64.4 cm³/mol. The van der Waals surface area contributed by atoms with Crippen LogP contribution >= 0.6 is 0 Å². The van der Waals surface area contributed by atoms with Gasteiger partial charge in [-0.15, -0.1) is 0 Å². The van der Waals surface area contributed by atoms with Crippen LogP contribution in [0.3, 0.4) is 0 Å². The molecule has 0 aromatic carbocycles. The molecular formula is C12H14N4O. The van der Waals surface area contributed by atoms with Gasteiger partial charge in [-0.3, -0.25) is 4.79 Å². The maximum Gasteiger partial charge on any atom is 0.250 e. The van der Waals surface area contributed by atoms with Crippen molar-refractivity contribution in [2.75, 3.05) is 6.54 Å². The fraction of sp³-hybridized carbons (Fsp3) is 0.250. The van der Waals surface area contributed by atoms with E-state index in [0.717, 1.165) is 12.2 Å². The molecule has 5 nitrogen and oxygen atoms in total. The van der Waals surface area contributed by atoms with Crippen molar-refractivity contribution in [1.29, 1.82) is 0 Å². The van der Waals surface area contributed by atoms with E-state index in [1.807, 2.05) is 18.2 Å². The van der Waals surface area contributed by atoms with Gasteiger partial charge >= 0.3 is 0 Å². The second-order valence-corrected chi connectivity index (χ2v) is 3.62. The molecule has 1 N–H and O–H groups in total. The molecule has 0 aliphatic heterocycles. The fourth-order valence-corrected chi connectivity index (χ4v) is 1.49. The molecule has 0 saturated heterocycles. The zero-order valence-corrected chi connectivity index (χ0v) is 9.41. The largest absolute Gasteiger partial charge is 0.314 e. The van der Waals surface area contributed by atoms with Crippen LogP contribution in [0.4, 0.5) is 0 Å². The van der Waals surface area contributed by atoms with E-state index in [-0.39, 0.29) is 5.56 Å². The van der Waals surface area contributed by atoms with Gasteiger partial charge in [0.05, 0.1) is 5.69 Å². The molecule has 2 aromatic heterocycles. The van der Waals surface area contributed by atoms with Gasteiger partial charge in [-0.25, -0.2) is 0 Å². The van der Waals surface area contributed by atoms with E-state index >= 15 is 0 Å². The van der Waals surface area contributed by atoms with Crippen molar-refractivity contribution in [2.45, 2.75) is 13.1 Å². The second-order valence-electron chi connectivity index (χ2n) is 3.62. The third kappa shape index (κ3) is 3.49. The van der Waals surface area contributed by atoms with Gasteiger partial charge in [-0.2, -0.15) is 10.2 Å². The molecule has 2 heterocycles. The quantitative estimate of drug-likeness (QED) is 0.757. The summed E-state index contributed by atoms with van der Waals surface area (Å²) in [6.45, 7) is 2.04. The summed E-state index contributed by atoms with van der Waals surface area (Å²) in [5.74, 6) is 0. The van der Waals surface area contributed by atoms with Crippen LogP contribution < -0.4 is 10.9 Å². The lowest BCUT2D eigenvalue weighted by Crippen LogP contribution is -2.26. The second kappa shape index (κ2) is 5.91. The van der Waals surface area contributed by atoms with Gasteiger partial charge in [0.2, 0.25) is 0 Å². The maximum absolute atomic E-state index is 11.4. The molecule has 2 rings (SSSR count). The van der Waals surface area contributed by atoms with E-state index in [1.165, 1.54) is 0 Å². The van der Waals surface area contributed by atoms with E-state index in [4.69, 9.17) is 0 Å². The van der Waals surface area contributed by atoms with Gasteiger partial charge in [0.25, 0.3) is 5.56 Å². The summed E-state index contributed by atoms with van der Waals surface area (Å²) in [6, 6.07) is 8.92. The van der Waals surface area contributed by atoms with Crippen LogP contribution in [0.15, 0.2) is 47.5 Å². The molecule has 0 aliphatic carbocycles. The Morgan fingerprint density at radius 1 is 1.24 bits per heavy atom. The Hall–Kier alpha value is -2.01. The maximum atomic E-state index is 11.4. The normalized spacial score (nSPS) is 10.4. The molecule has 0 bridgehead atoms. The highest BCUT2D eigenvalue weighted by molar-refractivity contribution is 4.98. The summed E-state index contributed by atoms with van der Waals surface area (Å²) in [5.41, 5.74) is 0.918. The molecule has 0 unspecified atom stereocenters. The number of hydrogen-bond acceptors (Lipinski definition) is 4. The number of rotatable bonds is 5. The Labute approximate surface area is 99.1 Å². The Bertz CT molecular complexity index is 509. The summed E-state index contributed by atoms with van der Waals surface area (Å²) in [7, 11) is 0. The Kier molecular flexibility index (Phi) is 3.99. The van der Waals surface area contributed by atoms with Gasteiger partial charge in [0, 0.05) is 38.1 Å². The smallest absolute Gasteiger partial charge is 0.250 e. The minimum Gasteiger partial charge on any atom is -0.314 e. The summed E-state index contributed by atoms with van der Waals surface area (Å²) >= 11 is 0. The van der Waals surface area contributed by atoms with Gasteiger partial charge in [0.15, 0.2) is 0 Å². The summed E-state index contributed by atoms with van der Waals surface area (Å²) < 4.78 is 1.67. The van der Waals surface area contributed by atoms with Crippen LogP contribution in [-0.2, 0) is 13.1 Å². The Morgan fingerprint density at radius 2 is 2.18 bits per heavy atom. The van der Waals surface area contributed by atoms with Crippen molar-refractivity contribution >= 4 is 0 Å². The molecule has 0 atom stereocenters. The predicted octanol–water partition coefficient (Wildman–Crippen LogP) is 0.428. The molecule has 0 saturated carbocycles. The van der Waals surface area contributed by atoms with Crippen LogP contribution in [0.2, 0.25) is 0 Å². The number of nitrogens with zero attached hydrogens (tertiary/aromatic N) is 3. The molecule has 2 aromatic rings. The SMILES string of the molecule is O=c1ccccn1CCNCc1cccnn1. The zero-order chi connectivity index (χ0) is 11.9. The first-order chi connectivity index (χ1) is 8.36. The van der Waals surface area contributed by atoms with Crippen LogP contribution in [0.25, 0.3) is 0 Å². The lowest BCUT2D eigenvalue weighted by molar-refractivity contribution is 0.578. The number of hydrogen-bond donors (Lipinski definition) is 1. The van der Waals surface area contributed by atoms with Gasteiger partial charge in [-0.05, 0) is 18.2 Å². The molecule has 0 radical (unpaired) electrons. The van der Waals surface area contributed by atoms with Crippen LogP contribution in [0, 0.1) is 0 Å².